The molecule has 0 bridgehead atoms. The lowest BCUT2D eigenvalue weighted by molar-refractivity contribution is 0.122. The average molecular weight is 605 g/mol. The largest absolute Gasteiger partial charge is 0.497 e. The van der Waals surface area contributed by atoms with Crippen LogP contribution in [0.5, 0.6) is 5.75 Å². The highest BCUT2D eigenvalue weighted by Crippen LogP contribution is 2.35. The number of aryl methyl sites for hydroxylation is 1. The van der Waals surface area contributed by atoms with Gasteiger partial charge in [-0.25, -0.2) is 0 Å². The van der Waals surface area contributed by atoms with Gasteiger partial charge in [0.2, 0.25) is 0 Å². The van der Waals surface area contributed by atoms with E-state index < -0.39 is 0 Å². The van der Waals surface area contributed by atoms with Crippen LogP contribution in [0, 0.1) is 0 Å². The summed E-state index contributed by atoms with van der Waals surface area (Å²) in [6.45, 7) is 8.05. The molecule has 1 aromatic heterocycles. The van der Waals surface area contributed by atoms with Crippen molar-refractivity contribution in [2.24, 2.45) is 11.5 Å². The van der Waals surface area contributed by atoms with E-state index in [2.05, 4.69) is 57.0 Å². The van der Waals surface area contributed by atoms with Gasteiger partial charge in [-0.2, -0.15) is 0 Å². The predicted octanol–water partition coefficient (Wildman–Crippen LogP) is 5.94. The van der Waals surface area contributed by atoms with Crippen molar-refractivity contribution in [3.63, 3.8) is 0 Å². The molecule has 0 spiro atoms. The van der Waals surface area contributed by atoms with Crippen molar-refractivity contribution in [2.45, 2.75) is 32.6 Å². The van der Waals surface area contributed by atoms with Gasteiger partial charge < -0.3 is 20.8 Å². The summed E-state index contributed by atoms with van der Waals surface area (Å²) in [7, 11) is 1.69. The Kier molecular flexibility index (Phi) is 12.2. The number of nitrogens with zero attached hydrogens (tertiary/aromatic N) is 3. The van der Waals surface area contributed by atoms with Crippen LogP contribution in [0.2, 0.25) is 5.02 Å². The molecule has 3 aromatic carbocycles. The number of rotatable bonds is 10. The lowest BCUT2D eigenvalue weighted by Crippen LogP contribution is -2.45. The number of fused-ring (bicyclic) bond motifs is 1. The van der Waals surface area contributed by atoms with Gasteiger partial charge in [-0.05, 0) is 65.6 Å². The number of hydrogen-bond donors (Lipinski definition) is 2. The number of piperazine rings is 1. The zero-order valence-electron chi connectivity index (χ0n) is 23.0. The molecule has 0 aliphatic carbocycles. The van der Waals surface area contributed by atoms with E-state index in [0.29, 0.717) is 13.1 Å². The van der Waals surface area contributed by atoms with Gasteiger partial charge in [-0.1, -0.05) is 41.9 Å². The van der Waals surface area contributed by atoms with Crippen LogP contribution in [0.4, 0.5) is 0 Å². The van der Waals surface area contributed by atoms with Crippen molar-refractivity contribution in [2.75, 3.05) is 39.8 Å². The molecule has 40 heavy (non-hydrogen) atoms. The third-order valence-corrected chi connectivity index (χ3v) is 7.96. The van der Waals surface area contributed by atoms with Gasteiger partial charge in [-0.3, -0.25) is 9.80 Å². The van der Waals surface area contributed by atoms with Gasteiger partial charge in [0.1, 0.15) is 5.75 Å². The Bertz CT molecular complexity index is 1380. The standard InChI is InChI=1S/C31H38ClN5O.2ClH/c1-38-26-8-9-27(25(18-26)19-34)29-22-37(12-4-11-33)31-10-7-23(17-28(29)31)20-35-13-15-36(16-14-35)21-24-5-2-3-6-30(24)32;;/h2-3,5-10,17-18,22H,4,11-16,19-21,33-34H2,1H3;2*1H. The molecule has 1 fully saturated rings. The summed E-state index contributed by atoms with van der Waals surface area (Å²) in [5, 5.41) is 2.11. The van der Waals surface area contributed by atoms with Gasteiger partial charge in [0.05, 0.1) is 7.11 Å². The molecule has 1 aliphatic rings. The SMILES string of the molecule is COc1ccc(-c2cn(CCCN)c3ccc(CN4CCN(Cc5ccccc5Cl)CC4)cc23)c(CN)c1.Cl.Cl. The fraction of sp³-hybridized carbons (Fsp3) is 0.355. The molecule has 0 unspecified atom stereocenters. The van der Waals surface area contributed by atoms with Gasteiger partial charge in [-0.15, -0.1) is 24.8 Å². The number of methoxy groups -OCH3 is 1. The van der Waals surface area contributed by atoms with Gasteiger partial charge in [0.15, 0.2) is 0 Å². The zero-order valence-corrected chi connectivity index (χ0v) is 25.4. The molecular weight excluding hydrogens is 565 g/mol. The van der Waals surface area contributed by atoms with E-state index in [1.165, 1.54) is 27.6 Å². The minimum absolute atomic E-state index is 0. The van der Waals surface area contributed by atoms with E-state index in [0.717, 1.165) is 74.1 Å². The lowest BCUT2D eigenvalue weighted by atomic mass is 9.98. The number of benzene rings is 3. The maximum atomic E-state index is 6.39. The van der Waals surface area contributed by atoms with Crippen LogP contribution in [-0.2, 0) is 26.2 Å². The van der Waals surface area contributed by atoms with Crippen LogP contribution in [0.25, 0.3) is 22.0 Å². The molecule has 1 saturated heterocycles. The molecule has 216 valence electrons. The fourth-order valence-electron chi connectivity index (χ4n) is 5.46. The van der Waals surface area contributed by atoms with Crippen molar-refractivity contribution < 1.29 is 4.74 Å². The average Bonchev–Trinajstić information content (AvgIpc) is 3.31. The number of ether oxygens (including phenoxy) is 1. The van der Waals surface area contributed by atoms with E-state index in [9.17, 15) is 0 Å². The molecule has 4 aromatic rings. The summed E-state index contributed by atoms with van der Waals surface area (Å²) in [6.07, 6.45) is 3.20. The first-order valence-electron chi connectivity index (χ1n) is 13.5. The predicted molar refractivity (Wildman–Crippen MR) is 172 cm³/mol. The van der Waals surface area contributed by atoms with Crippen molar-refractivity contribution in [1.29, 1.82) is 0 Å². The van der Waals surface area contributed by atoms with Gasteiger partial charge in [0, 0.05) is 80.0 Å². The fourth-order valence-corrected chi connectivity index (χ4v) is 5.66. The molecule has 0 saturated carbocycles. The maximum Gasteiger partial charge on any atom is 0.119 e. The summed E-state index contributed by atoms with van der Waals surface area (Å²) in [4.78, 5) is 5.04. The molecule has 6 nitrogen and oxygen atoms in total. The van der Waals surface area contributed by atoms with Crippen molar-refractivity contribution in [3.05, 3.63) is 88.6 Å². The highest BCUT2D eigenvalue weighted by atomic mass is 35.5. The summed E-state index contributed by atoms with van der Waals surface area (Å²) in [6, 6.07) is 21.3. The molecule has 5 rings (SSSR count). The summed E-state index contributed by atoms with van der Waals surface area (Å²) < 4.78 is 7.79. The Morgan fingerprint density at radius 2 is 1.55 bits per heavy atom. The molecule has 0 radical (unpaired) electrons. The third-order valence-electron chi connectivity index (χ3n) is 7.59. The highest BCUT2D eigenvalue weighted by Gasteiger charge is 2.19. The highest BCUT2D eigenvalue weighted by molar-refractivity contribution is 6.31. The van der Waals surface area contributed by atoms with E-state index in [1.54, 1.807) is 7.11 Å². The Hall–Kier alpha value is -2.29. The Balaban J connectivity index is 0.00000220. The summed E-state index contributed by atoms with van der Waals surface area (Å²) in [5.74, 6) is 0.829. The second-order valence-corrected chi connectivity index (χ2v) is 10.5. The van der Waals surface area contributed by atoms with Crippen LogP contribution >= 0.6 is 36.4 Å². The monoisotopic (exact) mass is 603 g/mol. The van der Waals surface area contributed by atoms with Gasteiger partial charge >= 0.3 is 0 Å². The number of aromatic nitrogens is 1. The minimum atomic E-state index is 0. The second kappa shape index (κ2) is 15.1. The van der Waals surface area contributed by atoms with E-state index in [-0.39, 0.29) is 24.8 Å². The first-order chi connectivity index (χ1) is 18.6. The van der Waals surface area contributed by atoms with Crippen LogP contribution < -0.4 is 16.2 Å². The summed E-state index contributed by atoms with van der Waals surface area (Å²) in [5.41, 5.74) is 19.2. The van der Waals surface area contributed by atoms with E-state index in [4.69, 9.17) is 27.8 Å². The molecule has 1 aliphatic heterocycles. The van der Waals surface area contributed by atoms with Crippen molar-refractivity contribution in [1.82, 2.24) is 14.4 Å². The number of halogens is 3. The Morgan fingerprint density at radius 1 is 0.825 bits per heavy atom. The lowest BCUT2D eigenvalue weighted by Gasteiger charge is -2.35. The normalized spacial score (nSPS) is 14.1. The molecule has 4 N–H and O–H groups in total. The van der Waals surface area contributed by atoms with Gasteiger partial charge in [0.25, 0.3) is 0 Å². The first kappa shape index (κ1) is 32.2. The van der Waals surface area contributed by atoms with Crippen LogP contribution in [0.15, 0.2) is 66.9 Å². The number of hydrogen-bond acceptors (Lipinski definition) is 5. The zero-order chi connectivity index (χ0) is 26.5. The second-order valence-electron chi connectivity index (χ2n) is 10.1. The molecule has 2 heterocycles. The quantitative estimate of drug-likeness (QED) is 0.234. The van der Waals surface area contributed by atoms with E-state index in [1.807, 2.05) is 24.3 Å². The third kappa shape index (κ3) is 7.31. The molecule has 9 heteroatoms. The van der Waals surface area contributed by atoms with Crippen LogP contribution in [-0.4, -0.2) is 54.2 Å². The van der Waals surface area contributed by atoms with E-state index >= 15 is 0 Å². The topological polar surface area (TPSA) is 72.7 Å². The van der Waals surface area contributed by atoms with Crippen LogP contribution in [0.3, 0.4) is 0 Å². The van der Waals surface area contributed by atoms with Crippen molar-refractivity contribution >= 4 is 47.3 Å². The minimum Gasteiger partial charge on any atom is -0.497 e. The Morgan fingerprint density at radius 3 is 2.23 bits per heavy atom. The smallest absolute Gasteiger partial charge is 0.119 e. The first-order valence-corrected chi connectivity index (χ1v) is 13.8. The maximum absolute atomic E-state index is 6.39. The molecular formula is C31H40Cl3N5O. The van der Waals surface area contributed by atoms with Crippen molar-refractivity contribution in [3.8, 4) is 16.9 Å². The summed E-state index contributed by atoms with van der Waals surface area (Å²) >= 11 is 6.39. The number of nitrogens with two attached hydrogens (primary N) is 2. The van der Waals surface area contributed by atoms with Crippen LogP contribution in [0.1, 0.15) is 23.1 Å². The molecule has 0 atom stereocenters. The molecule has 0 amide bonds. The Labute approximate surface area is 255 Å².